The fraction of sp³-hybridized carbons (Fsp3) is 0.120. The Balaban J connectivity index is 1.69. The van der Waals surface area contributed by atoms with E-state index in [2.05, 4.69) is 17.1 Å². The summed E-state index contributed by atoms with van der Waals surface area (Å²) in [5.74, 6) is 1.01. The Morgan fingerprint density at radius 1 is 0.971 bits per heavy atom. The molecule has 1 N–H and O–H groups in total. The molecule has 0 atom stereocenters. The van der Waals surface area contributed by atoms with Gasteiger partial charge in [-0.25, -0.2) is 5.43 Å². The summed E-state index contributed by atoms with van der Waals surface area (Å²) >= 11 is 18.3. The van der Waals surface area contributed by atoms with Crippen LogP contribution in [0, 0.1) is 0 Å². The fourth-order valence-electron chi connectivity index (χ4n) is 2.85. The molecule has 3 aromatic carbocycles. The highest BCUT2D eigenvalue weighted by Crippen LogP contribution is 2.28. The van der Waals surface area contributed by atoms with E-state index in [-0.39, 0.29) is 6.61 Å². The van der Waals surface area contributed by atoms with Crippen molar-refractivity contribution >= 4 is 46.9 Å². The van der Waals surface area contributed by atoms with Gasteiger partial charge in [-0.3, -0.25) is 4.79 Å². The summed E-state index contributed by atoms with van der Waals surface area (Å²) in [6.07, 6.45) is 3.06. The molecule has 0 unspecified atom stereocenters. The number of ether oxygens (including phenoxy) is 3. The van der Waals surface area contributed by atoms with E-state index in [1.54, 1.807) is 60.7 Å². The van der Waals surface area contributed by atoms with Crippen LogP contribution in [0.2, 0.25) is 15.1 Å². The third-order valence-electron chi connectivity index (χ3n) is 4.52. The Labute approximate surface area is 212 Å². The number of benzene rings is 3. The molecule has 0 aliphatic rings. The zero-order valence-corrected chi connectivity index (χ0v) is 20.5. The monoisotopic (exact) mass is 518 g/mol. The Bertz CT molecular complexity index is 1210. The molecule has 0 aliphatic heterocycles. The number of rotatable bonds is 10. The summed E-state index contributed by atoms with van der Waals surface area (Å²) in [6, 6.07) is 15.1. The van der Waals surface area contributed by atoms with E-state index in [4.69, 9.17) is 49.0 Å². The summed E-state index contributed by atoms with van der Waals surface area (Å²) in [6.45, 7) is 4.14. The van der Waals surface area contributed by atoms with Crippen molar-refractivity contribution in [3.05, 3.63) is 99.0 Å². The highest BCUT2D eigenvalue weighted by atomic mass is 35.5. The fourth-order valence-corrected chi connectivity index (χ4v) is 3.49. The molecule has 0 radical (unpaired) electrons. The molecule has 0 saturated heterocycles. The highest BCUT2D eigenvalue weighted by Gasteiger charge is 2.11. The maximum atomic E-state index is 12.5. The van der Waals surface area contributed by atoms with Crippen molar-refractivity contribution in [1.29, 1.82) is 0 Å². The lowest BCUT2D eigenvalue weighted by Gasteiger charge is -2.11. The molecular formula is C25H21Cl3N2O4. The zero-order valence-electron chi connectivity index (χ0n) is 18.2. The molecule has 0 spiro atoms. The minimum Gasteiger partial charge on any atom is -0.493 e. The standard InChI is InChI=1S/C25H21Cl3N2O4/c1-3-10-33-23-8-5-16(12-24(23)32-2)25(31)30-29-14-18-11-19(26)7-9-22(18)34-15-17-4-6-20(27)13-21(17)28/h3-9,11-14H,1,10,15H2,2H3,(H,30,31)/b29-14+. The summed E-state index contributed by atoms with van der Waals surface area (Å²) in [5.41, 5.74) is 4.17. The minimum absolute atomic E-state index is 0.213. The summed E-state index contributed by atoms with van der Waals surface area (Å²) < 4.78 is 16.7. The van der Waals surface area contributed by atoms with Crippen LogP contribution in [-0.2, 0) is 6.61 Å². The van der Waals surface area contributed by atoms with Gasteiger partial charge in [-0.2, -0.15) is 5.10 Å². The Morgan fingerprint density at radius 2 is 1.71 bits per heavy atom. The van der Waals surface area contributed by atoms with Gasteiger partial charge in [0.15, 0.2) is 11.5 Å². The molecule has 3 rings (SSSR count). The van der Waals surface area contributed by atoms with Gasteiger partial charge >= 0.3 is 0 Å². The predicted octanol–water partition coefficient (Wildman–Crippen LogP) is 6.56. The van der Waals surface area contributed by atoms with E-state index < -0.39 is 5.91 Å². The molecule has 1 amide bonds. The van der Waals surface area contributed by atoms with Crippen LogP contribution in [0.15, 0.2) is 72.4 Å². The van der Waals surface area contributed by atoms with Gasteiger partial charge in [0.25, 0.3) is 5.91 Å². The lowest BCUT2D eigenvalue weighted by Crippen LogP contribution is -2.17. The van der Waals surface area contributed by atoms with Gasteiger partial charge in [0.05, 0.1) is 13.3 Å². The van der Waals surface area contributed by atoms with Gasteiger partial charge in [-0.1, -0.05) is 53.5 Å². The summed E-state index contributed by atoms with van der Waals surface area (Å²) in [7, 11) is 1.49. The highest BCUT2D eigenvalue weighted by molar-refractivity contribution is 6.35. The van der Waals surface area contributed by atoms with Crippen molar-refractivity contribution in [2.45, 2.75) is 6.61 Å². The van der Waals surface area contributed by atoms with Gasteiger partial charge in [0.2, 0.25) is 0 Å². The molecule has 0 bridgehead atoms. The third-order valence-corrected chi connectivity index (χ3v) is 5.34. The van der Waals surface area contributed by atoms with Gasteiger partial charge in [-0.05, 0) is 48.5 Å². The normalized spacial score (nSPS) is 10.7. The molecule has 0 heterocycles. The second kappa shape index (κ2) is 12.3. The number of nitrogens with one attached hydrogen (secondary N) is 1. The molecule has 3 aromatic rings. The number of carbonyl (C=O) groups is 1. The molecule has 9 heteroatoms. The van der Waals surface area contributed by atoms with E-state index in [0.717, 1.165) is 5.56 Å². The number of amides is 1. The van der Waals surface area contributed by atoms with Crippen molar-refractivity contribution in [2.24, 2.45) is 5.10 Å². The van der Waals surface area contributed by atoms with Crippen molar-refractivity contribution in [3.63, 3.8) is 0 Å². The first-order valence-corrected chi connectivity index (χ1v) is 11.2. The number of hydrazone groups is 1. The molecule has 0 fully saturated rings. The topological polar surface area (TPSA) is 69.2 Å². The molecular weight excluding hydrogens is 499 g/mol. The molecule has 0 aliphatic carbocycles. The van der Waals surface area contributed by atoms with E-state index in [0.29, 0.717) is 50.1 Å². The molecule has 176 valence electrons. The average Bonchev–Trinajstić information content (AvgIpc) is 2.83. The largest absolute Gasteiger partial charge is 0.493 e. The molecule has 0 saturated carbocycles. The number of methoxy groups -OCH3 is 1. The Hall–Kier alpha value is -3.19. The van der Waals surface area contributed by atoms with Gasteiger partial charge in [0.1, 0.15) is 19.0 Å². The van der Waals surface area contributed by atoms with Crippen LogP contribution in [0.4, 0.5) is 0 Å². The van der Waals surface area contributed by atoms with Crippen LogP contribution in [0.3, 0.4) is 0 Å². The van der Waals surface area contributed by atoms with E-state index in [1.807, 2.05) is 0 Å². The zero-order chi connectivity index (χ0) is 24.5. The van der Waals surface area contributed by atoms with Crippen LogP contribution in [-0.4, -0.2) is 25.8 Å². The van der Waals surface area contributed by atoms with Gasteiger partial charge in [0, 0.05) is 31.8 Å². The number of hydrogen-bond donors (Lipinski definition) is 1. The van der Waals surface area contributed by atoms with Crippen molar-refractivity contribution in [2.75, 3.05) is 13.7 Å². The maximum Gasteiger partial charge on any atom is 0.271 e. The quantitative estimate of drug-likeness (QED) is 0.187. The first kappa shape index (κ1) is 25.4. The SMILES string of the molecule is C=CCOc1ccc(C(=O)N/N=C/c2cc(Cl)ccc2OCc2ccc(Cl)cc2Cl)cc1OC. The second-order valence-electron chi connectivity index (χ2n) is 6.87. The Kier molecular flexibility index (Phi) is 9.22. The lowest BCUT2D eigenvalue weighted by atomic mass is 10.2. The molecule has 6 nitrogen and oxygen atoms in total. The van der Waals surface area contributed by atoms with Crippen LogP contribution in [0.1, 0.15) is 21.5 Å². The van der Waals surface area contributed by atoms with Gasteiger partial charge < -0.3 is 14.2 Å². The predicted molar refractivity (Wildman–Crippen MR) is 136 cm³/mol. The third kappa shape index (κ3) is 6.90. The molecule has 0 aromatic heterocycles. The van der Waals surface area contributed by atoms with Crippen LogP contribution >= 0.6 is 34.8 Å². The van der Waals surface area contributed by atoms with Crippen molar-refractivity contribution in [3.8, 4) is 17.2 Å². The van der Waals surface area contributed by atoms with Crippen molar-refractivity contribution in [1.82, 2.24) is 5.43 Å². The maximum absolute atomic E-state index is 12.5. The average molecular weight is 520 g/mol. The summed E-state index contributed by atoms with van der Waals surface area (Å²) in [4.78, 5) is 12.5. The van der Waals surface area contributed by atoms with Crippen LogP contribution < -0.4 is 19.6 Å². The number of nitrogens with zero attached hydrogens (tertiary/aromatic N) is 1. The number of hydrogen-bond acceptors (Lipinski definition) is 5. The number of halogens is 3. The van der Waals surface area contributed by atoms with Crippen molar-refractivity contribution < 1.29 is 19.0 Å². The van der Waals surface area contributed by atoms with E-state index >= 15 is 0 Å². The number of carbonyl (C=O) groups excluding carboxylic acids is 1. The van der Waals surface area contributed by atoms with E-state index in [9.17, 15) is 4.79 Å². The minimum atomic E-state index is -0.428. The smallest absolute Gasteiger partial charge is 0.271 e. The lowest BCUT2D eigenvalue weighted by molar-refractivity contribution is 0.0954. The van der Waals surface area contributed by atoms with Crippen LogP contribution in [0.25, 0.3) is 0 Å². The first-order valence-electron chi connectivity index (χ1n) is 10.0. The van der Waals surface area contributed by atoms with Gasteiger partial charge in [-0.15, -0.1) is 0 Å². The summed E-state index contributed by atoms with van der Waals surface area (Å²) in [5, 5.41) is 5.57. The first-order chi connectivity index (χ1) is 16.4. The Morgan fingerprint density at radius 3 is 2.44 bits per heavy atom. The second-order valence-corrected chi connectivity index (χ2v) is 8.15. The molecule has 34 heavy (non-hydrogen) atoms. The van der Waals surface area contributed by atoms with Crippen LogP contribution in [0.5, 0.6) is 17.2 Å². The van der Waals surface area contributed by atoms with E-state index in [1.165, 1.54) is 13.3 Å².